The zero-order valence-corrected chi connectivity index (χ0v) is 19.1. The first kappa shape index (κ1) is 22.7. The van der Waals surface area contributed by atoms with E-state index in [1.807, 2.05) is 37.3 Å². The Morgan fingerprint density at radius 2 is 1.68 bits per heavy atom. The summed E-state index contributed by atoms with van der Waals surface area (Å²) >= 11 is 1.44. The number of aryl methyl sites for hydroxylation is 1. The Kier molecular flexibility index (Phi) is 6.47. The number of aliphatic hydroxyl groups is 1. The lowest BCUT2D eigenvalue weighted by atomic mass is 10.0. The molecule has 2 aliphatic heterocycles. The molecule has 0 saturated carbocycles. The largest absolute Gasteiger partial charge is 0.387 e. The maximum Gasteiger partial charge on any atom is 0.297 e. The maximum absolute atomic E-state index is 12.6. The number of fused-ring (bicyclic) bond motifs is 1. The van der Waals surface area contributed by atoms with Crippen LogP contribution in [0.5, 0.6) is 0 Å². The van der Waals surface area contributed by atoms with Crippen LogP contribution in [0.1, 0.15) is 19.4 Å². The van der Waals surface area contributed by atoms with Crippen molar-refractivity contribution in [2.45, 2.75) is 66.2 Å². The number of hydrogen-bond acceptors (Lipinski definition) is 8. The molecular formula is C22H26O7S2. The summed E-state index contributed by atoms with van der Waals surface area (Å²) in [7, 11) is -3.99. The van der Waals surface area contributed by atoms with E-state index in [4.69, 9.17) is 18.4 Å². The summed E-state index contributed by atoms with van der Waals surface area (Å²) in [4.78, 5) is 1.01. The molecule has 2 aromatic carbocycles. The van der Waals surface area contributed by atoms with Gasteiger partial charge >= 0.3 is 0 Å². The van der Waals surface area contributed by atoms with Gasteiger partial charge in [-0.1, -0.05) is 47.7 Å². The van der Waals surface area contributed by atoms with Crippen molar-refractivity contribution in [1.82, 2.24) is 0 Å². The summed E-state index contributed by atoms with van der Waals surface area (Å²) in [5.41, 5.74) is 0.436. The van der Waals surface area contributed by atoms with Crippen LogP contribution in [0, 0.1) is 6.92 Å². The van der Waals surface area contributed by atoms with Gasteiger partial charge in [0.15, 0.2) is 5.79 Å². The van der Waals surface area contributed by atoms with Crippen LogP contribution in [0.2, 0.25) is 0 Å². The van der Waals surface area contributed by atoms with Gasteiger partial charge in [-0.3, -0.25) is 4.18 Å². The first-order valence-corrected chi connectivity index (χ1v) is 12.3. The highest BCUT2D eigenvalue weighted by Gasteiger charge is 2.55. The van der Waals surface area contributed by atoms with Gasteiger partial charge in [0.25, 0.3) is 10.1 Å². The summed E-state index contributed by atoms with van der Waals surface area (Å²) in [5.74, 6) is -0.890. The monoisotopic (exact) mass is 466 g/mol. The van der Waals surface area contributed by atoms with Crippen LogP contribution < -0.4 is 0 Å². The van der Waals surface area contributed by atoms with Crippen LogP contribution in [0.4, 0.5) is 0 Å². The number of hydrogen-bond donors (Lipinski definition) is 1. The Balaban J connectivity index is 1.51. The Bertz CT molecular complexity index is 992. The first-order chi connectivity index (χ1) is 14.6. The molecule has 2 fully saturated rings. The first-order valence-electron chi connectivity index (χ1n) is 10.0. The standard InChI is InChI=1S/C22H26O7S2/c1-14-9-11-16(12-10-14)31(24,25)26-13-17-18(23)19-20(29-22(2,3)28-19)21(27-17)30-15-7-5-4-6-8-15/h4-12,17-21,23H,13H2,1-3H3/t17-,18-,19+,20+,21-/m1/s1. The number of rotatable bonds is 6. The molecule has 0 spiro atoms. The van der Waals surface area contributed by atoms with Crippen LogP contribution in [0.3, 0.4) is 0 Å². The van der Waals surface area contributed by atoms with Crippen molar-refractivity contribution < 1.29 is 31.9 Å². The minimum Gasteiger partial charge on any atom is -0.387 e. The molecule has 2 saturated heterocycles. The minimum absolute atomic E-state index is 0.0538. The van der Waals surface area contributed by atoms with Gasteiger partial charge in [-0.05, 0) is 45.0 Å². The average Bonchev–Trinajstić information content (AvgIpc) is 3.06. The van der Waals surface area contributed by atoms with Crippen molar-refractivity contribution in [3.05, 3.63) is 60.2 Å². The molecule has 5 atom stereocenters. The van der Waals surface area contributed by atoms with Gasteiger partial charge < -0.3 is 19.3 Å². The van der Waals surface area contributed by atoms with Crippen molar-refractivity contribution in [3.63, 3.8) is 0 Å². The highest BCUT2D eigenvalue weighted by molar-refractivity contribution is 7.99. The van der Waals surface area contributed by atoms with Crippen molar-refractivity contribution >= 4 is 21.9 Å². The summed E-state index contributed by atoms with van der Waals surface area (Å²) < 4.78 is 48.4. The molecule has 2 heterocycles. The number of ether oxygens (including phenoxy) is 3. The molecule has 2 aromatic rings. The summed E-state index contributed by atoms with van der Waals surface area (Å²) in [6.07, 6.45) is -3.19. The second kappa shape index (κ2) is 8.82. The van der Waals surface area contributed by atoms with Gasteiger partial charge in [0.2, 0.25) is 0 Å². The third-order valence-electron chi connectivity index (χ3n) is 5.15. The fraction of sp³-hybridized carbons (Fsp3) is 0.455. The lowest BCUT2D eigenvalue weighted by Crippen LogP contribution is -2.56. The zero-order valence-electron chi connectivity index (χ0n) is 17.5. The van der Waals surface area contributed by atoms with E-state index in [1.165, 1.54) is 23.9 Å². The number of thioether (sulfide) groups is 1. The second-order valence-electron chi connectivity index (χ2n) is 8.08. The van der Waals surface area contributed by atoms with Gasteiger partial charge in [-0.25, -0.2) is 0 Å². The molecule has 0 aliphatic carbocycles. The van der Waals surface area contributed by atoms with Crippen molar-refractivity contribution in [3.8, 4) is 0 Å². The van der Waals surface area contributed by atoms with Gasteiger partial charge in [0.05, 0.1) is 11.5 Å². The fourth-order valence-corrected chi connectivity index (χ4v) is 5.67. The van der Waals surface area contributed by atoms with Crippen LogP contribution in [0.25, 0.3) is 0 Å². The number of aliphatic hydroxyl groups excluding tert-OH is 1. The zero-order chi connectivity index (χ0) is 22.2. The van der Waals surface area contributed by atoms with E-state index in [9.17, 15) is 13.5 Å². The molecule has 7 nitrogen and oxygen atoms in total. The van der Waals surface area contributed by atoms with Gasteiger partial charge in [-0.2, -0.15) is 8.42 Å². The third-order valence-corrected chi connectivity index (χ3v) is 7.60. The van der Waals surface area contributed by atoms with E-state index in [2.05, 4.69) is 0 Å². The predicted octanol–water partition coefficient (Wildman–Crippen LogP) is 3.10. The van der Waals surface area contributed by atoms with Gasteiger partial charge in [0.1, 0.15) is 29.9 Å². The lowest BCUT2D eigenvalue weighted by molar-refractivity contribution is -0.171. The molecule has 0 unspecified atom stereocenters. The van der Waals surface area contributed by atoms with Gasteiger partial charge in [0, 0.05) is 4.90 Å². The van der Waals surface area contributed by atoms with Crippen molar-refractivity contribution in [1.29, 1.82) is 0 Å². The maximum atomic E-state index is 12.6. The van der Waals surface area contributed by atoms with Crippen LogP contribution in [-0.2, 0) is 28.5 Å². The fourth-order valence-electron chi connectivity index (χ4n) is 3.63. The Labute approximate surface area is 186 Å². The molecular weight excluding hydrogens is 440 g/mol. The van der Waals surface area contributed by atoms with E-state index in [0.717, 1.165) is 10.5 Å². The quantitative estimate of drug-likeness (QED) is 0.650. The van der Waals surface area contributed by atoms with E-state index in [0.29, 0.717) is 0 Å². The van der Waals surface area contributed by atoms with Crippen LogP contribution in [0.15, 0.2) is 64.4 Å². The molecule has 31 heavy (non-hydrogen) atoms. The molecule has 1 N–H and O–H groups in total. The normalized spacial score (nSPS) is 30.1. The molecule has 4 rings (SSSR count). The summed E-state index contributed by atoms with van der Waals surface area (Å²) in [6, 6.07) is 16.0. The van der Waals surface area contributed by atoms with E-state index < -0.39 is 45.8 Å². The minimum atomic E-state index is -3.99. The molecule has 0 bridgehead atoms. The molecule has 168 valence electrons. The van der Waals surface area contributed by atoms with Crippen molar-refractivity contribution in [2.24, 2.45) is 0 Å². The van der Waals surface area contributed by atoms with E-state index in [-0.39, 0.29) is 11.5 Å². The van der Waals surface area contributed by atoms with E-state index in [1.54, 1.807) is 26.0 Å². The second-order valence-corrected chi connectivity index (χ2v) is 10.9. The molecule has 9 heteroatoms. The van der Waals surface area contributed by atoms with Crippen molar-refractivity contribution in [2.75, 3.05) is 6.61 Å². The van der Waals surface area contributed by atoms with Crippen LogP contribution >= 0.6 is 11.8 Å². The smallest absolute Gasteiger partial charge is 0.297 e. The Hall–Kier alpha value is -1.46. The molecule has 0 aromatic heterocycles. The van der Waals surface area contributed by atoms with Gasteiger partial charge in [-0.15, -0.1) is 0 Å². The SMILES string of the molecule is Cc1ccc(S(=O)(=O)OC[C@H]2O[C@H](Sc3ccccc3)[C@H]3OC(C)(C)O[C@H]3[C@@H]2O)cc1. The summed E-state index contributed by atoms with van der Waals surface area (Å²) in [6.45, 7) is 5.08. The highest BCUT2D eigenvalue weighted by atomic mass is 32.2. The third kappa shape index (κ3) is 5.14. The van der Waals surface area contributed by atoms with Crippen LogP contribution in [-0.4, -0.2) is 55.8 Å². The Morgan fingerprint density at radius 3 is 2.35 bits per heavy atom. The molecule has 0 radical (unpaired) electrons. The number of benzene rings is 2. The summed E-state index contributed by atoms with van der Waals surface area (Å²) in [5, 5.41) is 10.8. The predicted molar refractivity (Wildman–Crippen MR) is 115 cm³/mol. The topological polar surface area (TPSA) is 91.3 Å². The highest BCUT2D eigenvalue weighted by Crippen LogP contribution is 2.42. The Morgan fingerprint density at radius 1 is 1.03 bits per heavy atom. The lowest BCUT2D eigenvalue weighted by Gasteiger charge is -2.39. The van der Waals surface area contributed by atoms with E-state index >= 15 is 0 Å². The average molecular weight is 467 g/mol. The molecule has 0 amide bonds. The molecule has 2 aliphatic rings.